The number of hydrogen-bond donors (Lipinski definition) is 2. The maximum Gasteiger partial charge on any atom is 0.0511 e. The minimum atomic E-state index is 0.202. The third-order valence-electron chi connectivity index (χ3n) is 3.58. The summed E-state index contributed by atoms with van der Waals surface area (Å²) in [7, 11) is 0. The summed E-state index contributed by atoms with van der Waals surface area (Å²) < 4.78 is 0. The van der Waals surface area contributed by atoms with Gasteiger partial charge in [-0.05, 0) is 43.0 Å². The number of aliphatic hydroxyl groups excluding tert-OH is 1. The molecule has 0 bridgehead atoms. The first kappa shape index (κ1) is 14.6. The van der Waals surface area contributed by atoms with Crippen LogP contribution in [0, 0.1) is 6.92 Å². The Kier molecular flexibility index (Phi) is 5.19. The van der Waals surface area contributed by atoms with Gasteiger partial charge in [-0.2, -0.15) is 0 Å². The topological polar surface area (TPSA) is 32.3 Å². The van der Waals surface area contributed by atoms with E-state index in [-0.39, 0.29) is 6.61 Å². The van der Waals surface area contributed by atoms with Gasteiger partial charge in [0.15, 0.2) is 0 Å². The zero-order chi connectivity index (χ0) is 14.4. The van der Waals surface area contributed by atoms with Gasteiger partial charge in [-0.25, -0.2) is 0 Å². The van der Waals surface area contributed by atoms with Crippen molar-refractivity contribution in [1.29, 1.82) is 0 Å². The maximum absolute atomic E-state index is 8.93. The summed E-state index contributed by atoms with van der Waals surface area (Å²) in [6.07, 6.45) is 1.76. The van der Waals surface area contributed by atoms with Gasteiger partial charge >= 0.3 is 0 Å². The van der Waals surface area contributed by atoms with Crippen LogP contribution in [0.2, 0.25) is 0 Å². The molecule has 0 radical (unpaired) electrons. The SMILES string of the molecule is CCC(Nc1ccc(CCO)cc1)c1ccc(C)cc1. The zero-order valence-electron chi connectivity index (χ0n) is 12.3. The van der Waals surface area contributed by atoms with Gasteiger partial charge in [-0.1, -0.05) is 48.9 Å². The highest BCUT2D eigenvalue weighted by molar-refractivity contribution is 5.47. The molecule has 0 saturated heterocycles. The van der Waals surface area contributed by atoms with E-state index in [0.29, 0.717) is 6.04 Å². The van der Waals surface area contributed by atoms with E-state index in [1.807, 2.05) is 0 Å². The number of aryl methyl sites for hydroxylation is 1. The molecule has 0 fully saturated rings. The van der Waals surface area contributed by atoms with Crippen molar-refractivity contribution in [2.75, 3.05) is 11.9 Å². The Labute approximate surface area is 121 Å². The second kappa shape index (κ2) is 7.11. The first-order chi connectivity index (χ1) is 9.72. The summed E-state index contributed by atoms with van der Waals surface area (Å²) in [6.45, 7) is 4.50. The number of rotatable bonds is 6. The fraction of sp³-hybridized carbons (Fsp3) is 0.333. The lowest BCUT2D eigenvalue weighted by molar-refractivity contribution is 0.299. The number of aliphatic hydroxyl groups is 1. The van der Waals surface area contributed by atoms with Crippen LogP contribution in [-0.2, 0) is 6.42 Å². The minimum Gasteiger partial charge on any atom is -0.396 e. The van der Waals surface area contributed by atoms with Gasteiger partial charge in [0.25, 0.3) is 0 Å². The second-order valence-electron chi connectivity index (χ2n) is 5.19. The Bertz CT molecular complexity index is 516. The van der Waals surface area contributed by atoms with Crippen molar-refractivity contribution in [3.63, 3.8) is 0 Å². The molecule has 2 heteroatoms. The van der Waals surface area contributed by atoms with Crippen molar-refractivity contribution >= 4 is 5.69 Å². The van der Waals surface area contributed by atoms with Gasteiger partial charge < -0.3 is 10.4 Å². The highest BCUT2D eigenvalue weighted by Gasteiger charge is 2.08. The van der Waals surface area contributed by atoms with Crippen molar-refractivity contribution in [1.82, 2.24) is 0 Å². The Balaban J connectivity index is 2.07. The first-order valence-corrected chi connectivity index (χ1v) is 7.26. The van der Waals surface area contributed by atoms with E-state index >= 15 is 0 Å². The minimum absolute atomic E-state index is 0.202. The standard InChI is InChI=1S/C18H23NO/c1-3-18(16-8-4-14(2)5-9-16)19-17-10-6-15(7-11-17)12-13-20/h4-11,18-20H,3,12-13H2,1-2H3. The van der Waals surface area contributed by atoms with Crippen LogP contribution < -0.4 is 5.32 Å². The van der Waals surface area contributed by atoms with Crippen LogP contribution in [0.5, 0.6) is 0 Å². The molecule has 0 saturated carbocycles. The second-order valence-corrected chi connectivity index (χ2v) is 5.19. The molecular formula is C18H23NO. The highest BCUT2D eigenvalue weighted by atomic mass is 16.2. The maximum atomic E-state index is 8.93. The van der Waals surface area contributed by atoms with Crippen LogP contribution in [0.1, 0.15) is 36.1 Å². The average molecular weight is 269 g/mol. The van der Waals surface area contributed by atoms with Gasteiger partial charge in [-0.15, -0.1) is 0 Å². The van der Waals surface area contributed by atoms with E-state index in [1.165, 1.54) is 16.7 Å². The lowest BCUT2D eigenvalue weighted by atomic mass is 10.0. The largest absolute Gasteiger partial charge is 0.396 e. The van der Waals surface area contributed by atoms with E-state index in [1.54, 1.807) is 0 Å². The molecule has 2 aromatic carbocycles. The molecule has 106 valence electrons. The molecule has 0 heterocycles. The fourth-order valence-electron chi connectivity index (χ4n) is 2.32. The van der Waals surface area contributed by atoms with Crippen LogP contribution in [0.3, 0.4) is 0 Å². The van der Waals surface area contributed by atoms with Crippen LogP contribution in [0.25, 0.3) is 0 Å². The van der Waals surface area contributed by atoms with Crippen molar-refractivity contribution in [3.8, 4) is 0 Å². The van der Waals surface area contributed by atoms with Gasteiger partial charge in [-0.3, -0.25) is 0 Å². The molecule has 2 N–H and O–H groups in total. The molecule has 20 heavy (non-hydrogen) atoms. The Morgan fingerprint density at radius 3 is 2.20 bits per heavy atom. The Morgan fingerprint density at radius 2 is 1.65 bits per heavy atom. The molecule has 2 rings (SSSR count). The number of benzene rings is 2. The number of hydrogen-bond acceptors (Lipinski definition) is 2. The molecule has 0 amide bonds. The van der Waals surface area contributed by atoms with Crippen LogP contribution in [0.15, 0.2) is 48.5 Å². The lowest BCUT2D eigenvalue weighted by Crippen LogP contribution is -2.09. The van der Waals surface area contributed by atoms with E-state index in [0.717, 1.165) is 18.5 Å². The van der Waals surface area contributed by atoms with E-state index in [9.17, 15) is 0 Å². The molecule has 0 aromatic heterocycles. The summed E-state index contributed by atoms with van der Waals surface area (Å²) in [5.41, 5.74) is 4.90. The fourth-order valence-corrected chi connectivity index (χ4v) is 2.32. The van der Waals surface area contributed by atoms with Crippen molar-refractivity contribution in [2.24, 2.45) is 0 Å². The third-order valence-corrected chi connectivity index (χ3v) is 3.58. The van der Waals surface area contributed by atoms with Crippen molar-refractivity contribution in [2.45, 2.75) is 32.7 Å². The van der Waals surface area contributed by atoms with E-state index in [4.69, 9.17) is 5.11 Å². The summed E-state index contributed by atoms with van der Waals surface area (Å²) >= 11 is 0. The molecule has 0 aliphatic carbocycles. The molecule has 0 aliphatic heterocycles. The zero-order valence-corrected chi connectivity index (χ0v) is 12.3. The Hall–Kier alpha value is -1.80. The van der Waals surface area contributed by atoms with E-state index < -0.39 is 0 Å². The van der Waals surface area contributed by atoms with Crippen LogP contribution >= 0.6 is 0 Å². The summed E-state index contributed by atoms with van der Waals surface area (Å²) in [5, 5.41) is 12.5. The predicted octanol–water partition coefficient (Wildman–Crippen LogP) is 4.09. The molecule has 1 unspecified atom stereocenters. The summed E-state index contributed by atoms with van der Waals surface area (Å²) in [5.74, 6) is 0. The first-order valence-electron chi connectivity index (χ1n) is 7.26. The normalized spacial score (nSPS) is 12.2. The molecule has 2 nitrogen and oxygen atoms in total. The summed E-state index contributed by atoms with van der Waals surface area (Å²) in [6, 6.07) is 17.3. The molecular weight excluding hydrogens is 246 g/mol. The van der Waals surface area contributed by atoms with Gasteiger partial charge in [0.2, 0.25) is 0 Å². The van der Waals surface area contributed by atoms with Gasteiger partial charge in [0.1, 0.15) is 0 Å². The van der Waals surface area contributed by atoms with Crippen LogP contribution in [0.4, 0.5) is 5.69 Å². The van der Waals surface area contributed by atoms with Crippen LogP contribution in [-0.4, -0.2) is 11.7 Å². The third kappa shape index (κ3) is 3.84. The van der Waals surface area contributed by atoms with Gasteiger partial charge in [0, 0.05) is 12.3 Å². The van der Waals surface area contributed by atoms with E-state index in [2.05, 4.69) is 67.7 Å². The van der Waals surface area contributed by atoms with Crippen molar-refractivity contribution < 1.29 is 5.11 Å². The molecule has 0 aliphatic rings. The average Bonchev–Trinajstić information content (AvgIpc) is 2.48. The highest BCUT2D eigenvalue weighted by Crippen LogP contribution is 2.23. The number of nitrogens with one attached hydrogen (secondary N) is 1. The molecule has 2 aromatic rings. The van der Waals surface area contributed by atoms with Crippen molar-refractivity contribution in [3.05, 3.63) is 65.2 Å². The predicted molar refractivity (Wildman–Crippen MR) is 85.1 cm³/mol. The number of anilines is 1. The monoisotopic (exact) mass is 269 g/mol. The smallest absolute Gasteiger partial charge is 0.0511 e. The lowest BCUT2D eigenvalue weighted by Gasteiger charge is -2.19. The summed E-state index contributed by atoms with van der Waals surface area (Å²) in [4.78, 5) is 0. The quantitative estimate of drug-likeness (QED) is 0.827. The molecule has 0 spiro atoms. The van der Waals surface area contributed by atoms with Gasteiger partial charge in [0.05, 0.1) is 6.04 Å². The molecule has 1 atom stereocenters. The Morgan fingerprint density at radius 1 is 1.00 bits per heavy atom.